The quantitative estimate of drug-likeness (QED) is 0.476. The van der Waals surface area contributed by atoms with Crippen molar-refractivity contribution >= 4 is 27.4 Å². The van der Waals surface area contributed by atoms with Gasteiger partial charge in [0.2, 0.25) is 0 Å². The van der Waals surface area contributed by atoms with E-state index in [9.17, 15) is 0 Å². The molecule has 0 spiro atoms. The fraction of sp³-hybridized carbons (Fsp3) is 0.176. The van der Waals surface area contributed by atoms with Gasteiger partial charge in [0.1, 0.15) is 0 Å². The zero-order valence-corrected chi connectivity index (χ0v) is 13.8. The third-order valence-electron chi connectivity index (χ3n) is 3.24. The van der Waals surface area contributed by atoms with Gasteiger partial charge in [0, 0.05) is 15.6 Å². The Morgan fingerprint density at radius 2 is 1.86 bits per heavy atom. The van der Waals surface area contributed by atoms with Gasteiger partial charge < -0.3 is 0 Å². The lowest BCUT2D eigenvalue weighted by Crippen LogP contribution is -2.73. The molecule has 0 aliphatic heterocycles. The van der Waals surface area contributed by atoms with Crippen molar-refractivity contribution in [2.24, 2.45) is 5.10 Å². The zero-order valence-electron chi connectivity index (χ0n) is 12.2. The molecule has 4 heteroatoms. The fourth-order valence-corrected chi connectivity index (χ4v) is 2.49. The first-order valence-corrected chi connectivity index (χ1v) is 7.74. The summed E-state index contributed by atoms with van der Waals surface area (Å²) in [5.74, 6) is 0. The van der Waals surface area contributed by atoms with Crippen LogP contribution in [0.4, 0.5) is 0 Å². The molecule has 3 N–H and O–H groups in total. The lowest BCUT2D eigenvalue weighted by atomic mass is 9.99. The van der Waals surface area contributed by atoms with Crippen LogP contribution in [0.3, 0.4) is 0 Å². The van der Waals surface area contributed by atoms with E-state index in [0.717, 1.165) is 22.0 Å². The molecule has 2 aromatic rings. The standard InChI is InChI=1S/C17H18BrN3/c1-3-12-7-9-13(10-8-12)16(19)17(21-20-2)14-5-4-6-15(18)11-14/h4-11,19-20H,3H2,1-2H3/p+1/b19-16?,21-17-. The third-order valence-corrected chi connectivity index (χ3v) is 3.74. The van der Waals surface area contributed by atoms with E-state index in [1.165, 1.54) is 5.56 Å². The van der Waals surface area contributed by atoms with Crippen molar-refractivity contribution in [1.82, 2.24) is 0 Å². The molecule has 0 unspecified atom stereocenters. The second-order valence-electron chi connectivity index (χ2n) is 4.67. The predicted octanol–water partition coefficient (Wildman–Crippen LogP) is 2.98. The summed E-state index contributed by atoms with van der Waals surface area (Å²) in [5, 5.41) is 12.9. The van der Waals surface area contributed by atoms with Gasteiger partial charge in [-0.2, -0.15) is 0 Å². The first-order chi connectivity index (χ1) is 10.2. The van der Waals surface area contributed by atoms with Crippen LogP contribution in [0, 0.1) is 5.41 Å². The average molecular weight is 345 g/mol. The van der Waals surface area contributed by atoms with Gasteiger partial charge in [0.05, 0.1) is 12.8 Å². The van der Waals surface area contributed by atoms with Crippen molar-refractivity contribution in [3.63, 3.8) is 0 Å². The maximum absolute atomic E-state index is 8.46. The van der Waals surface area contributed by atoms with Gasteiger partial charge in [0.25, 0.3) is 0 Å². The first-order valence-electron chi connectivity index (χ1n) is 6.95. The molecule has 2 aromatic carbocycles. The minimum atomic E-state index is 0.439. The number of halogens is 1. The van der Waals surface area contributed by atoms with Gasteiger partial charge in [-0.1, -0.05) is 64.4 Å². The van der Waals surface area contributed by atoms with Crippen LogP contribution < -0.4 is 5.43 Å². The van der Waals surface area contributed by atoms with Gasteiger partial charge in [-0.3, -0.25) is 5.41 Å². The molecular weight excluding hydrogens is 326 g/mol. The third kappa shape index (κ3) is 3.86. The molecule has 2 rings (SSSR count). The fourth-order valence-electron chi connectivity index (χ4n) is 2.09. The molecule has 0 aromatic heterocycles. The lowest BCUT2D eigenvalue weighted by Gasteiger charge is -2.08. The van der Waals surface area contributed by atoms with E-state index >= 15 is 0 Å². The maximum Gasteiger partial charge on any atom is 0.151 e. The van der Waals surface area contributed by atoms with E-state index in [4.69, 9.17) is 5.41 Å². The number of benzene rings is 2. The van der Waals surface area contributed by atoms with E-state index in [1.54, 1.807) is 5.43 Å². The maximum atomic E-state index is 8.46. The predicted molar refractivity (Wildman–Crippen MR) is 91.2 cm³/mol. The van der Waals surface area contributed by atoms with Gasteiger partial charge in [-0.15, -0.1) is 0 Å². The number of nitrogens with one attached hydrogen (secondary N) is 1. The van der Waals surface area contributed by atoms with E-state index in [2.05, 4.69) is 40.1 Å². The number of nitrogens with two attached hydrogens (primary N) is 1. The summed E-state index contributed by atoms with van der Waals surface area (Å²) in [7, 11) is 1.87. The molecule has 0 aliphatic rings. The van der Waals surface area contributed by atoms with Crippen molar-refractivity contribution in [3.05, 3.63) is 69.7 Å². The monoisotopic (exact) mass is 344 g/mol. The summed E-state index contributed by atoms with van der Waals surface area (Å²) in [4.78, 5) is 0. The summed E-state index contributed by atoms with van der Waals surface area (Å²) in [6.45, 7) is 2.13. The minimum Gasteiger partial charge on any atom is -0.298 e. The Morgan fingerprint density at radius 3 is 2.43 bits per heavy atom. The van der Waals surface area contributed by atoms with E-state index in [0.29, 0.717) is 11.4 Å². The van der Waals surface area contributed by atoms with Gasteiger partial charge in [-0.05, 0) is 24.1 Å². The van der Waals surface area contributed by atoms with Crippen molar-refractivity contribution < 1.29 is 5.43 Å². The van der Waals surface area contributed by atoms with E-state index in [1.807, 2.05) is 43.4 Å². The molecule has 0 radical (unpaired) electrons. The number of hydrogen-bond acceptors (Lipinski definition) is 2. The Labute approximate surface area is 133 Å². The molecule has 0 bridgehead atoms. The molecule has 0 aliphatic carbocycles. The van der Waals surface area contributed by atoms with E-state index in [-0.39, 0.29) is 0 Å². The van der Waals surface area contributed by atoms with Gasteiger partial charge in [-0.25, -0.2) is 5.43 Å². The van der Waals surface area contributed by atoms with Crippen LogP contribution in [0.1, 0.15) is 23.6 Å². The van der Waals surface area contributed by atoms with Crippen molar-refractivity contribution in [1.29, 1.82) is 5.41 Å². The zero-order chi connectivity index (χ0) is 15.2. The second-order valence-corrected chi connectivity index (χ2v) is 5.59. The largest absolute Gasteiger partial charge is 0.298 e. The highest BCUT2D eigenvalue weighted by atomic mass is 79.9. The van der Waals surface area contributed by atoms with Crippen molar-refractivity contribution in [2.45, 2.75) is 13.3 Å². The Kier molecular flexibility index (Phi) is 5.42. The molecular formula is C17H19BrN3+. The van der Waals surface area contributed by atoms with E-state index < -0.39 is 0 Å². The molecule has 0 saturated heterocycles. The molecule has 0 amide bonds. The summed E-state index contributed by atoms with van der Waals surface area (Å²) in [6, 6.07) is 16.0. The molecule has 0 heterocycles. The highest BCUT2D eigenvalue weighted by molar-refractivity contribution is 9.10. The van der Waals surface area contributed by atoms with Crippen LogP contribution in [0.15, 0.2) is 58.1 Å². The highest BCUT2D eigenvalue weighted by Crippen LogP contribution is 2.15. The summed E-state index contributed by atoms with van der Waals surface area (Å²) < 4.78 is 0.984. The van der Waals surface area contributed by atoms with Crippen LogP contribution in [-0.4, -0.2) is 18.5 Å². The Bertz CT molecular complexity index is 660. The summed E-state index contributed by atoms with van der Waals surface area (Å²) in [5.41, 5.74) is 5.94. The van der Waals surface area contributed by atoms with Crippen molar-refractivity contribution in [3.8, 4) is 0 Å². The number of nitrogens with zero attached hydrogens (tertiary/aromatic N) is 1. The van der Waals surface area contributed by atoms with Gasteiger partial charge >= 0.3 is 0 Å². The number of quaternary nitrogens is 1. The summed E-state index contributed by atoms with van der Waals surface area (Å²) in [6.07, 6.45) is 1.00. The smallest absolute Gasteiger partial charge is 0.151 e. The first kappa shape index (κ1) is 15.6. The van der Waals surface area contributed by atoms with Crippen LogP contribution in [0.2, 0.25) is 0 Å². The van der Waals surface area contributed by atoms with Crippen LogP contribution in [0.25, 0.3) is 0 Å². The minimum absolute atomic E-state index is 0.439. The lowest BCUT2D eigenvalue weighted by molar-refractivity contribution is -0.633. The summed E-state index contributed by atoms with van der Waals surface area (Å²) >= 11 is 3.47. The second kappa shape index (κ2) is 7.29. The number of rotatable bonds is 5. The molecule has 21 heavy (non-hydrogen) atoms. The number of aryl methyl sites for hydroxylation is 1. The Morgan fingerprint density at radius 1 is 1.14 bits per heavy atom. The highest BCUT2D eigenvalue weighted by Gasteiger charge is 2.14. The van der Waals surface area contributed by atoms with Crippen LogP contribution >= 0.6 is 15.9 Å². The van der Waals surface area contributed by atoms with Crippen LogP contribution in [-0.2, 0) is 6.42 Å². The Hall–Kier alpha value is -1.78. The Balaban J connectivity index is 2.38. The van der Waals surface area contributed by atoms with Crippen molar-refractivity contribution in [2.75, 3.05) is 7.05 Å². The molecule has 0 fully saturated rings. The SMILES string of the molecule is CCc1ccc(C(=N)/C(=N\[NH2+]C)c2cccc(Br)c2)cc1. The number of hydrogen-bond donors (Lipinski definition) is 2. The molecule has 0 saturated carbocycles. The van der Waals surface area contributed by atoms with Crippen LogP contribution in [0.5, 0.6) is 0 Å². The molecule has 108 valence electrons. The van der Waals surface area contributed by atoms with Gasteiger partial charge in [0.15, 0.2) is 5.71 Å². The normalized spacial score (nSPS) is 11.5. The molecule has 0 atom stereocenters. The molecule has 3 nitrogen and oxygen atoms in total. The average Bonchev–Trinajstić information content (AvgIpc) is 2.52. The topological polar surface area (TPSA) is 52.8 Å².